The van der Waals surface area contributed by atoms with Crippen molar-refractivity contribution in [2.45, 2.75) is 0 Å². The van der Waals surface area contributed by atoms with Gasteiger partial charge in [0.25, 0.3) is 5.91 Å². The second kappa shape index (κ2) is 5.20. The van der Waals surface area contributed by atoms with Gasteiger partial charge in [0.2, 0.25) is 5.91 Å². The maximum atomic E-state index is 12.0. The Labute approximate surface area is 99.6 Å². The van der Waals surface area contributed by atoms with Crippen LogP contribution < -0.4 is 16.8 Å². The number of nitrogens with one attached hydrogen (secondary N) is 1. The van der Waals surface area contributed by atoms with Gasteiger partial charge in [0.15, 0.2) is 0 Å². The van der Waals surface area contributed by atoms with Gasteiger partial charge < -0.3 is 21.7 Å². The number of carbonyl (C=O) groups is 2. The van der Waals surface area contributed by atoms with E-state index in [1.165, 1.54) is 25.1 Å². The Morgan fingerprint density at radius 2 is 2.00 bits per heavy atom. The summed E-state index contributed by atoms with van der Waals surface area (Å²) in [7, 11) is 3.05. The molecule has 0 aliphatic carbocycles. The number of hydrogen-bond acceptors (Lipinski definition) is 4. The largest absolute Gasteiger partial charge is 0.399 e. The average Bonchev–Trinajstić information content (AvgIpc) is 2.28. The lowest BCUT2D eigenvalue weighted by atomic mass is 10.1. The Bertz CT molecular complexity index is 445. The molecule has 0 saturated carbocycles. The van der Waals surface area contributed by atoms with E-state index >= 15 is 0 Å². The van der Waals surface area contributed by atoms with E-state index in [9.17, 15) is 9.59 Å². The molecule has 6 heteroatoms. The van der Waals surface area contributed by atoms with Gasteiger partial charge in [0, 0.05) is 25.5 Å². The molecule has 0 saturated heterocycles. The topological polar surface area (TPSA) is 101 Å². The van der Waals surface area contributed by atoms with Crippen LogP contribution >= 0.6 is 0 Å². The van der Waals surface area contributed by atoms with E-state index in [2.05, 4.69) is 5.32 Å². The van der Waals surface area contributed by atoms with Crippen molar-refractivity contribution in [3.63, 3.8) is 0 Å². The van der Waals surface area contributed by atoms with Crippen LogP contribution in [0, 0.1) is 0 Å². The highest BCUT2D eigenvalue weighted by molar-refractivity contribution is 6.01. The molecule has 0 bridgehead atoms. The van der Waals surface area contributed by atoms with Crippen molar-refractivity contribution < 1.29 is 9.59 Å². The fourth-order valence-corrected chi connectivity index (χ4v) is 1.35. The van der Waals surface area contributed by atoms with Gasteiger partial charge in [0.1, 0.15) is 0 Å². The number of nitrogens with zero attached hydrogens (tertiary/aromatic N) is 1. The molecule has 1 rings (SSSR count). The third-order valence-corrected chi connectivity index (χ3v) is 2.31. The quantitative estimate of drug-likeness (QED) is 0.625. The molecule has 6 nitrogen and oxygen atoms in total. The number of rotatable bonds is 3. The number of carbonyl (C=O) groups excluding carboxylic acids is 2. The number of amides is 2. The van der Waals surface area contributed by atoms with Crippen LogP contribution in [0.5, 0.6) is 0 Å². The Morgan fingerprint density at radius 3 is 2.53 bits per heavy atom. The van der Waals surface area contributed by atoms with Gasteiger partial charge in [-0.2, -0.15) is 0 Å². The summed E-state index contributed by atoms with van der Waals surface area (Å²) in [5, 5.41) is 2.44. The van der Waals surface area contributed by atoms with Crippen molar-refractivity contribution in [2.75, 3.05) is 32.1 Å². The first kappa shape index (κ1) is 12.8. The molecule has 0 aromatic heterocycles. The van der Waals surface area contributed by atoms with E-state index in [0.717, 1.165) is 0 Å². The summed E-state index contributed by atoms with van der Waals surface area (Å²) in [5.74, 6) is -0.555. The van der Waals surface area contributed by atoms with Crippen molar-refractivity contribution in [1.29, 1.82) is 0 Å². The molecule has 0 heterocycles. The average molecular weight is 236 g/mol. The van der Waals surface area contributed by atoms with Crippen LogP contribution in [0.15, 0.2) is 18.2 Å². The lowest BCUT2D eigenvalue weighted by Gasteiger charge is -2.17. The summed E-state index contributed by atoms with van der Waals surface area (Å²) < 4.78 is 0. The van der Waals surface area contributed by atoms with Crippen molar-refractivity contribution in [3.8, 4) is 0 Å². The predicted octanol–water partition coefficient (Wildman–Crippen LogP) is -0.331. The van der Waals surface area contributed by atoms with E-state index in [1.807, 2.05) is 0 Å². The minimum Gasteiger partial charge on any atom is -0.399 e. The fourth-order valence-electron chi connectivity index (χ4n) is 1.35. The molecule has 1 aromatic carbocycles. The van der Waals surface area contributed by atoms with Crippen LogP contribution in [0.25, 0.3) is 0 Å². The second-order valence-electron chi connectivity index (χ2n) is 3.68. The molecule has 0 radical (unpaired) electrons. The van der Waals surface area contributed by atoms with Gasteiger partial charge in [-0.15, -0.1) is 0 Å². The molecule has 5 N–H and O–H groups in total. The fraction of sp³-hybridized carbons (Fsp3) is 0.273. The Kier molecular flexibility index (Phi) is 3.92. The highest BCUT2D eigenvalue weighted by Crippen LogP contribution is 2.17. The highest BCUT2D eigenvalue weighted by atomic mass is 16.2. The lowest BCUT2D eigenvalue weighted by molar-refractivity contribution is -0.121. The van der Waals surface area contributed by atoms with E-state index in [1.54, 1.807) is 12.1 Å². The highest BCUT2D eigenvalue weighted by Gasteiger charge is 2.16. The van der Waals surface area contributed by atoms with Crippen LogP contribution in [0.4, 0.5) is 11.4 Å². The van der Waals surface area contributed by atoms with Crippen LogP contribution in [0.2, 0.25) is 0 Å². The molecule has 0 fully saturated rings. The molecule has 0 aliphatic rings. The third-order valence-electron chi connectivity index (χ3n) is 2.31. The molecule has 17 heavy (non-hydrogen) atoms. The summed E-state index contributed by atoms with van der Waals surface area (Å²) in [4.78, 5) is 24.4. The molecule has 0 aliphatic heterocycles. The van der Waals surface area contributed by atoms with Crippen molar-refractivity contribution in [1.82, 2.24) is 10.2 Å². The van der Waals surface area contributed by atoms with Crippen LogP contribution in [0.3, 0.4) is 0 Å². The number of likely N-dealkylation sites (N-methyl/N-ethyl adjacent to an activating group) is 2. The number of hydrogen-bond donors (Lipinski definition) is 3. The van der Waals surface area contributed by atoms with Crippen molar-refractivity contribution in [3.05, 3.63) is 23.8 Å². The zero-order valence-corrected chi connectivity index (χ0v) is 9.86. The summed E-state index contributed by atoms with van der Waals surface area (Å²) in [6.45, 7) is -0.0147. The number of nitrogen functional groups attached to an aromatic ring is 2. The van der Waals surface area contributed by atoms with Gasteiger partial charge >= 0.3 is 0 Å². The van der Waals surface area contributed by atoms with E-state index in [-0.39, 0.29) is 18.4 Å². The Morgan fingerprint density at radius 1 is 1.35 bits per heavy atom. The summed E-state index contributed by atoms with van der Waals surface area (Å²) in [5.41, 5.74) is 12.4. The molecule has 0 unspecified atom stereocenters. The summed E-state index contributed by atoms with van der Waals surface area (Å²) >= 11 is 0. The van der Waals surface area contributed by atoms with Crippen LogP contribution in [-0.2, 0) is 4.79 Å². The third kappa shape index (κ3) is 3.10. The summed E-state index contributed by atoms with van der Waals surface area (Å²) in [6.07, 6.45) is 0. The molecule has 92 valence electrons. The summed E-state index contributed by atoms with van der Waals surface area (Å²) in [6, 6.07) is 4.66. The van der Waals surface area contributed by atoms with Crippen LogP contribution in [-0.4, -0.2) is 37.4 Å². The van der Waals surface area contributed by atoms with E-state index < -0.39 is 0 Å². The monoisotopic (exact) mass is 236 g/mol. The first-order valence-electron chi connectivity index (χ1n) is 5.06. The second-order valence-corrected chi connectivity index (χ2v) is 3.68. The smallest absolute Gasteiger partial charge is 0.256 e. The van der Waals surface area contributed by atoms with Gasteiger partial charge in [-0.1, -0.05) is 0 Å². The minimum atomic E-state index is -0.314. The van der Waals surface area contributed by atoms with Gasteiger partial charge in [-0.05, 0) is 18.2 Å². The van der Waals surface area contributed by atoms with Crippen molar-refractivity contribution in [2.24, 2.45) is 0 Å². The molecule has 2 amide bonds. The van der Waals surface area contributed by atoms with E-state index in [0.29, 0.717) is 16.9 Å². The van der Waals surface area contributed by atoms with Crippen LogP contribution in [0.1, 0.15) is 10.4 Å². The standard InChI is InChI=1S/C11H16N4O2/c1-14-10(16)6-15(2)11(17)8-4-3-7(12)5-9(8)13/h3-5H,6,12-13H2,1-2H3,(H,14,16). The van der Waals surface area contributed by atoms with Gasteiger partial charge in [0.05, 0.1) is 12.1 Å². The molecule has 0 spiro atoms. The Balaban J connectivity index is 2.85. The SMILES string of the molecule is CNC(=O)CN(C)C(=O)c1ccc(N)cc1N. The zero-order valence-electron chi connectivity index (χ0n) is 9.86. The lowest BCUT2D eigenvalue weighted by Crippen LogP contribution is -2.37. The Hall–Kier alpha value is -2.24. The zero-order chi connectivity index (χ0) is 13.0. The molecule has 1 aromatic rings. The first-order valence-corrected chi connectivity index (χ1v) is 5.06. The predicted molar refractivity (Wildman–Crippen MR) is 66.3 cm³/mol. The maximum absolute atomic E-state index is 12.0. The van der Waals surface area contributed by atoms with E-state index in [4.69, 9.17) is 11.5 Å². The number of anilines is 2. The molecular formula is C11H16N4O2. The van der Waals surface area contributed by atoms with Gasteiger partial charge in [-0.25, -0.2) is 0 Å². The van der Waals surface area contributed by atoms with Gasteiger partial charge in [-0.3, -0.25) is 9.59 Å². The number of benzene rings is 1. The first-order chi connectivity index (χ1) is 7.95. The normalized spacial score (nSPS) is 9.76. The maximum Gasteiger partial charge on any atom is 0.256 e. The minimum absolute atomic E-state index is 0.0147. The van der Waals surface area contributed by atoms with Crippen molar-refractivity contribution >= 4 is 23.2 Å². The molecule has 0 atom stereocenters. The number of nitrogens with two attached hydrogens (primary N) is 2. The molecular weight excluding hydrogens is 220 g/mol.